The number of H-pyrrole nitrogens is 1. The number of halogens is 2. The highest BCUT2D eigenvalue weighted by atomic mass is 35.5. The number of aryl methyl sites for hydroxylation is 1. The lowest BCUT2D eigenvalue weighted by Crippen LogP contribution is -2.02. The molecule has 5 heteroatoms. The van der Waals surface area contributed by atoms with E-state index < -0.39 is 0 Å². The maximum Gasteiger partial charge on any atom is 0.0807 e. The predicted molar refractivity (Wildman–Crippen MR) is 48.4 cm³/mol. The molecule has 0 atom stereocenters. The van der Waals surface area contributed by atoms with Gasteiger partial charge in [-0.2, -0.15) is 5.10 Å². The molecule has 0 saturated carbocycles. The van der Waals surface area contributed by atoms with Gasteiger partial charge < -0.3 is 5.32 Å². The van der Waals surface area contributed by atoms with Crippen LogP contribution in [-0.2, 0) is 13.1 Å². The number of fused-ring (bicyclic) bond motifs is 1. The molecule has 0 amide bonds. The molecular formula is C6H11Cl2N3. The molecule has 1 aromatic rings. The van der Waals surface area contributed by atoms with Crippen molar-refractivity contribution in [2.75, 3.05) is 0 Å². The van der Waals surface area contributed by atoms with Crippen LogP contribution in [0.1, 0.15) is 17.0 Å². The Balaban J connectivity index is 0.000000500. The van der Waals surface area contributed by atoms with Crippen molar-refractivity contribution >= 4 is 24.8 Å². The van der Waals surface area contributed by atoms with E-state index in [-0.39, 0.29) is 24.8 Å². The Morgan fingerprint density at radius 2 is 2.00 bits per heavy atom. The van der Waals surface area contributed by atoms with E-state index in [1.807, 2.05) is 0 Å². The van der Waals surface area contributed by atoms with E-state index in [0.717, 1.165) is 13.1 Å². The van der Waals surface area contributed by atoms with E-state index >= 15 is 0 Å². The molecule has 1 aliphatic heterocycles. The van der Waals surface area contributed by atoms with Gasteiger partial charge >= 0.3 is 0 Å². The number of hydrogen-bond donors (Lipinski definition) is 2. The summed E-state index contributed by atoms with van der Waals surface area (Å²) in [7, 11) is 0. The van der Waals surface area contributed by atoms with Gasteiger partial charge in [-0.15, -0.1) is 24.8 Å². The maximum absolute atomic E-state index is 4.11. The number of aromatic amines is 1. The highest BCUT2D eigenvalue weighted by Crippen LogP contribution is 2.14. The number of rotatable bonds is 0. The molecule has 64 valence electrons. The van der Waals surface area contributed by atoms with Gasteiger partial charge in [-0.05, 0) is 6.92 Å². The van der Waals surface area contributed by atoms with Crippen LogP contribution in [-0.4, -0.2) is 10.2 Å². The van der Waals surface area contributed by atoms with Crippen LogP contribution in [0.5, 0.6) is 0 Å². The topological polar surface area (TPSA) is 40.7 Å². The number of aromatic nitrogens is 2. The lowest BCUT2D eigenvalue weighted by atomic mass is 10.2. The number of nitrogens with zero attached hydrogens (tertiary/aromatic N) is 1. The number of nitrogens with one attached hydrogen (secondary N) is 2. The van der Waals surface area contributed by atoms with Gasteiger partial charge in [0.25, 0.3) is 0 Å². The first kappa shape index (κ1) is 10.8. The first-order chi connectivity index (χ1) is 4.38. The van der Waals surface area contributed by atoms with Gasteiger partial charge in [0.05, 0.1) is 5.69 Å². The van der Waals surface area contributed by atoms with Gasteiger partial charge in [-0.1, -0.05) is 0 Å². The molecule has 0 fully saturated rings. The second-order valence-electron chi connectivity index (χ2n) is 2.38. The Morgan fingerprint density at radius 3 is 2.64 bits per heavy atom. The van der Waals surface area contributed by atoms with Gasteiger partial charge in [0.15, 0.2) is 0 Å². The fourth-order valence-electron chi connectivity index (χ4n) is 1.19. The van der Waals surface area contributed by atoms with Crippen LogP contribution in [0.25, 0.3) is 0 Å². The predicted octanol–water partition coefficient (Wildman–Crippen LogP) is 1.16. The molecule has 0 spiro atoms. The van der Waals surface area contributed by atoms with Crippen molar-refractivity contribution in [3.63, 3.8) is 0 Å². The fraction of sp³-hybridized carbons (Fsp3) is 0.500. The first-order valence-corrected chi connectivity index (χ1v) is 3.11. The molecule has 2 N–H and O–H groups in total. The third kappa shape index (κ3) is 1.67. The van der Waals surface area contributed by atoms with Crippen molar-refractivity contribution in [2.24, 2.45) is 0 Å². The van der Waals surface area contributed by atoms with Gasteiger partial charge in [-0.3, -0.25) is 5.10 Å². The van der Waals surface area contributed by atoms with E-state index in [0.29, 0.717) is 0 Å². The average Bonchev–Trinajstić information content (AvgIpc) is 2.35. The molecule has 11 heavy (non-hydrogen) atoms. The Kier molecular flexibility index (Phi) is 3.86. The van der Waals surface area contributed by atoms with E-state index in [1.165, 1.54) is 17.0 Å². The standard InChI is InChI=1S/C6H9N3.2ClH/c1-4-5-2-7-3-6(5)9-8-4;;/h7H,2-3H2,1H3,(H,8,9);2*1H. The van der Waals surface area contributed by atoms with Crippen LogP contribution in [0.3, 0.4) is 0 Å². The van der Waals surface area contributed by atoms with Gasteiger partial charge in [0.2, 0.25) is 0 Å². The normalized spacial score (nSPS) is 13.2. The van der Waals surface area contributed by atoms with Gasteiger partial charge in [-0.25, -0.2) is 0 Å². The third-order valence-electron chi connectivity index (χ3n) is 1.75. The largest absolute Gasteiger partial charge is 0.307 e. The highest BCUT2D eigenvalue weighted by molar-refractivity contribution is 5.85. The second-order valence-corrected chi connectivity index (χ2v) is 2.38. The molecule has 0 aromatic carbocycles. The van der Waals surface area contributed by atoms with E-state index in [2.05, 4.69) is 22.4 Å². The molecule has 3 nitrogen and oxygen atoms in total. The molecule has 0 bridgehead atoms. The van der Waals surface area contributed by atoms with Crippen LogP contribution < -0.4 is 5.32 Å². The summed E-state index contributed by atoms with van der Waals surface area (Å²) in [5.41, 5.74) is 3.75. The zero-order valence-electron chi connectivity index (χ0n) is 6.18. The summed E-state index contributed by atoms with van der Waals surface area (Å²) < 4.78 is 0. The summed E-state index contributed by atoms with van der Waals surface area (Å²) in [6.45, 7) is 3.97. The fourth-order valence-corrected chi connectivity index (χ4v) is 1.19. The minimum Gasteiger partial charge on any atom is -0.307 e. The van der Waals surface area contributed by atoms with Crippen molar-refractivity contribution in [1.29, 1.82) is 0 Å². The lowest BCUT2D eigenvalue weighted by molar-refractivity contribution is 0.737. The van der Waals surface area contributed by atoms with Crippen molar-refractivity contribution in [3.8, 4) is 0 Å². The molecule has 0 aliphatic carbocycles. The zero-order valence-corrected chi connectivity index (χ0v) is 7.81. The summed E-state index contributed by atoms with van der Waals surface area (Å²) in [5.74, 6) is 0. The minimum atomic E-state index is 0. The molecule has 1 aliphatic rings. The molecule has 0 radical (unpaired) electrons. The van der Waals surface area contributed by atoms with E-state index in [4.69, 9.17) is 0 Å². The summed E-state index contributed by atoms with van der Waals surface area (Å²) in [6, 6.07) is 0. The van der Waals surface area contributed by atoms with Crippen LogP contribution in [0.15, 0.2) is 0 Å². The highest BCUT2D eigenvalue weighted by Gasteiger charge is 2.14. The summed E-state index contributed by atoms with van der Waals surface area (Å²) >= 11 is 0. The summed E-state index contributed by atoms with van der Waals surface area (Å²) in [6.07, 6.45) is 0. The zero-order chi connectivity index (χ0) is 6.27. The Bertz CT molecular complexity index is 234. The van der Waals surface area contributed by atoms with Crippen LogP contribution in [0.4, 0.5) is 0 Å². The Morgan fingerprint density at radius 1 is 1.27 bits per heavy atom. The molecule has 0 saturated heterocycles. The van der Waals surface area contributed by atoms with Crippen LogP contribution in [0.2, 0.25) is 0 Å². The smallest absolute Gasteiger partial charge is 0.0807 e. The van der Waals surface area contributed by atoms with Gasteiger partial charge in [0, 0.05) is 24.3 Å². The van der Waals surface area contributed by atoms with Crippen molar-refractivity contribution in [1.82, 2.24) is 15.5 Å². The van der Waals surface area contributed by atoms with Crippen molar-refractivity contribution < 1.29 is 0 Å². The van der Waals surface area contributed by atoms with Crippen LogP contribution in [0, 0.1) is 6.92 Å². The Hall–Kier alpha value is -0.250. The summed E-state index contributed by atoms with van der Waals surface area (Å²) in [5, 5.41) is 10.3. The molecule has 0 unspecified atom stereocenters. The van der Waals surface area contributed by atoms with E-state index in [9.17, 15) is 0 Å². The average molecular weight is 196 g/mol. The van der Waals surface area contributed by atoms with E-state index in [1.54, 1.807) is 0 Å². The molecule has 1 aromatic heterocycles. The quantitative estimate of drug-likeness (QED) is 0.653. The first-order valence-electron chi connectivity index (χ1n) is 3.11. The minimum absolute atomic E-state index is 0. The van der Waals surface area contributed by atoms with Crippen LogP contribution >= 0.6 is 24.8 Å². The monoisotopic (exact) mass is 195 g/mol. The van der Waals surface area contributed by atoms with Crippen molar-refractivity contribution in [3.05, 3.63) is 17.0 Å². The van der Waals surface area contributed by atoms with Crippen molar-refractivity contribution in [2.45, 2.75) is 20.0 Å². The third-order valence-corrected chi connectivity index (χ3v) is 1.75. The maximum atomic E-state index is 4.11. The molecular weight excluding hydrogens is 185 g/mol. The lowest BCUT2D eigenvalue weighted by Gasteiger charge is -1.87. The second kappa shape index (κ2) is 3.95. The number of hydrogen-bond acceptors (Lipinski definition) is 2. The van der Waals surface area contributed by atoms with Gasteiger partial charge in [0.1, 0.15) is 0 Å². The summed E-state index contributed by atoms with van der Waals surface area (Å²) in [4.78, 5) is 0. The molecule has 2 heterocycles. The molecule has 2 rings (SSSR count). The Labute approximate surface area is 77.8 Å². The SMILES string of the molecule is Cc1[nH]nc2c1CNC2.Cl.Cl.